The largest absolute Gasteiger partial charge is 0.345 e. The highest BCUT2D eigenvalue weighted by Crippen LogP contribution is 2.42. The van der Waals surface area contributed by atoms with Crippen molar-refractivity contribution in [2.75, 3.05) is 0 Å². The summed E-state index contributed by atoms with van der Waals surface area (Å²) < 4.78 is 0. The molecule has 2 heterocycles. The highest BCUT2D eigenvalue weighted by molar-refractivity contribution is 6.30. The second-order valence-corrected chi connectivity index (χ2v) is 5.85. The van der Waals surface area contributed by atoms with Gasteiger partial charge in [0, 0.05) is 6.20 Å². The molecule has 1 aromatic rings. The molecule has 2 rings (SSSR count). The van der Waals surface area contributed by atoms with Gasteiger partial charge in [0.2, 0.25) is 5.91 Å². The first-order valence-corrected chi connectivity index (χ1v) is 6.74. The number of amides is 1. The molecule has 0 fully saturated rings. The van der Waals surface area contributed by atoms with E-state index in [1.165, 1.54) is 0 Å². The van der Waals surface area contributed by atoms with Crippen LogP contribution >= 0.6 is 11.6 Å². The van der Waals surface area contributed by atoms with Crippen molar-refractivity contribution in [1.29, 1.82) is 0 Å². The molecule has 1 aromatic heterocycles. The Morgan fingerprint density at radius 2 is 1.94 bits per heavy atom. The van der Waals surface area contributed by atoms with Gasteiger partial charge in [0.25, 0.3) is 0 Å². The SMILES string of the molecule is CCC1(CC)C(=O)NC(C)(C)c2ncc(Cl)cc21. The van der Waals surface area contributed by atoms with Crippen molar-refractivity contribution in [3.05, 3.63) is 28.5 Å². The van der Waals surface area contributed by atoms with Crippen LogP contribution in [0.3, 0.4) is 0 Å². The first-order chi connectivity index (χ1) is 8.37. The van der Waals surface area contributed by atoms with Gasteiger partial charge in [0.15, 0.2) is 0 Å². The third-order valence-corrected chi connectivity index (χ3v) is 4.24. The number of hydrogen-bond donors (Lipinski definition) is 1. The topological polar surface area (TPSA) is 42.0 Å². The first kappa shape index (κ1) is 13.3. The first-order valence-electron chi connectivity index (χ1n) is 6.36. The van der Waals surface area contributed by atoms with Crippen LogP contribution in [0.5, 0.6) is 0 Å². The van der Waals surface area contributed by atoms with Crippen molar-refractivity contribution in [2.24, 2.45) is 0 Å². The lowest BCUT2D eigenvalue weighted by Crippen LogP contribution is -2.57. The van der Waals surface area contributed by atoms with E-state index in [-0.39, 0.29) is 5.91 Å². The van der Waals surface area contributed by atoms with Crippen LogP contribution in [0.15, 0.2) is 12.3 Å². The van der Waals surface area contributed by atoms with E-state index in [0.717, 1.165) is 24.1 Å². The molecule has 0 atom stereocenters. The smallest absolute Gasteiger partial charge is 0.231 e. The Kier molecular flexibility index (Phi) is 3.14. The molecule has 0 spiro atoms. The van der Waals surface area contributed by atoms with Gasteiger partial charge in [-0.15, -0.1) is 0 Å². The molecule has 98 valence electrons. The zero-order valence-electron chi connectivity index (χ0n) is 11.3. The third-order valence-electron chi connectivity index (χ3n) is 4.03. The van der Waals surface area contributed by atoms with Crippen LogP contribution in [0.4, 0.5) is 0 Å². The number of nitrogens with zero attached hydrogens (tertiary/aromatic N) is 1. The summed E-state index contributed by atoms with van der Waals surface area (Å²) in [6, 6.07) is 1.90. The minimum atomic E-state index is -0.497. The van der Waals surface area contributed by atoms with E-state index in [1.54, 1.807) is 6.20 Å². The zero-order valence-corrected chi connectivity index (χ0v) is 12.1. The van der Waals surface area contributed by atoms with Crippen molar-refractivity contribution >= 4 is 17.5 Å². The summed E-state index contributed by atoms with van der Waals surface area (Å²) >= 11 is 6.06. The monoisotopic (exact) mass is 266 g/mol. The van der Waals surface area contributed by atoms with Crippen LogP contribution in [-0.4, -0.2) is 10.9 Å². The van der Waals surface area contributed by atoms with Gasteiger partial charge in [-0.25, -0.2) is 0 Å². The van der Waals surface area contributed by atoms with E-state index < -0.39 is 11.0 Å². The second-order valence-electron chi connectivity index (χ2n) is 5.42. The lowest BCUT2D eigenvalue weighted by Gasteiger charge is -2.43. The molecular weight excluding hydrogens is 248 g/mol. The van der Waals surface area contributed by atoms with Crippen LogP contribution in [-0.2, 0) is 15.7 Å². The molecule has 1 aliphatic heterocycles. The standard InChI is InChI=1S/C14H19ClN2O/c1-5-14(6-2)10-7-9(15)8-16-11(10)13(3,4)17-12(14)18/h7-8H,5-6H2,1-4H3,(H,17,18). The van der Waals surface area contributed by atoms with E-state index in [1.807, 2.05) is 33.8 Å². The normalized spacial score (nSPS) is 20.2. The van der Waals surface area contributed by atoms with Gasteiger partial charge in [-0.05, 0) is 38.3 Å². The quantitative estimate of drug-likeness (QED) is 0.893. The Bertz CT molecular complexity index is 493. The van der Waals surface area contributed by atoms with Crippen molar-refractivity contribution in [3.8, 4) is 0 Å². The predicted octanol–water partition coefficient (Wildman–Crippen LogP) is 3.16. The van der Waals surface area contributed by atoms with Crippen molar-refractivity contribution in [2.45, 2.75) is 51.5 Å². The minimum Gasteiger partial charge on any atom is -0.345 e. The second kappa shape index (κ2) is 4.23. The lowest BCUT2D eigenvalue weighted by molar-refractivity contribution is -0.130. The number of nitrogens with one attached hydrogen (secondary N) is 1. The van der Waals surface area contributed by atoms with E-state index in [9.17, 15) is 4.79 Å². The number of carbonyl (C=O) groups excluding carboxylic acids is 1. The highest BCUT2D eigenvalue weighted by atomic mass is 35.5. The van der Waals surface area contributed by atoms with Crippen molar-refractivity contribution in [1.82, 2.24) is 10.3 Å². The molecule has 1 amide bonds. The number of fused-ring (bicyclic) bond motifs is 1. The molecule has 1 aliphatic rings. The molecule has 0 aromatic carbocycles. The summed E-state index contributed by atoms with van der Waals surface area (Å²) in [4.78, 5) is 16.9. The number of aromatic nitrogens is 1. The van der Waals surface area contributed by atoms with Crippen molar-refractivity contribution in [3.63, 3.8) is 0 Å². The predicted molar refractivity (Wildman–Crippen MR) is 72.7 cm³/mol. The maximum atomic E-state index is 12.5. The van der Waals surface area contributed by atoms with Gasteiger partial charge in [-0.3, -0.25) is 9.78 Å². The number of pyridine rings is 1. The number of carbonyl (C=O) groups is 1. The van der Waals surface area contributed by atoms with Crippen LogP contribution < -0.4 is 5.32 Å². The molecule has 0 saturated carbocycles. The average Bonchev–Trinajstić information content (AvgIpc) is 2.29. The maximum absolute atomic E-state index is 12.5. The third kappa shape index (κ3) is 1.72. The summed E-state index contributed by atoms with van der Waals surface area (Å²) in [6.45, 7) is 8.01. The molecule has 0 saturated heterocycles. The van der Waals surface area contributed by atoms with Crippen LogP contribution in [0.2, 0.25) is 5.02 Å². The summed E-state index contributed by atoms with van der Waals surface area (Å²) in [7, 11) is 0. The summed E-state index contributed by atoms with van der Waals surface area (Å²) in [5, 5.41) is 3.67. The Morgan fingerprint density at radius 1 is 1.33 bits per heavy atom. The number of halogens is 1. The van der Waals surface area contributed by atoms with E-state index >= 15 is 0 Å². The molecule has 1 N–H and O–H groups in total. The van der Waals surface area contributed by atoms with Gasteiger partial charge in [-0.2, -0.15) is 0 Å². The minimum absolute atomic E-state index is 0.0778. The van der Waals surface area contributed by atoms with Gasteiger partial charge >= 0.3 is 0 Å². The summed E-state index contributed by atoms with van der Waals surface area (Å²) in [6.07, 6.45) is 3.15. The Balaban J connectivity index is 2.75. The van der Waals surface area contributed by atoms with E-state index in [2.05, 4.69) is 10.3 Å². The Labute approximate surface area is 113 Å². The van der Waals surface area contributed by atoms with Crippen molar-refractivity contribution < 1.29 is 4.79 Å². The molecule has 0 unspecified atom stereocenters. The van der Waals surface area contributed by atoms with Gasteiger partial charge < -0.3 is 5.32 Å². The lowest BCUT2D eigenvalue weighted by atomic mass is 9.69. The summed E-state index contributed by atoms with van der Waals surface area (Å²) in [5.74, 6) is 0.0778. The summed E-state index contributed by atoms with van der Waals surface area (Å²) in [5.41, 5.74) is 0.970. The molecule has 0 radical (unpaired) electrons. The fourth-order valence-electron chi connectivity index (χ4n) is 2.84. The molecular formula is C14H19ClN2O. The van der Waals surface area contributed by atoms with Crippen LogP contribution in [0.25, 0.3) is 0 Å². The average molecular weight is 267 g/mol. The fraction of sp³-hybridized carbons (Fsp3) is 0.571. The maximum Gasteiger partial charge on any atom is 0.231 e. The van der Waals surface area contributed by atoms with E-state index in [0.29, 0.717) is 5.02 Å². The highest BCUT2D eigenvalue weighted by Gasteiger charge is 2.47. The van der Waals surface area contributed by atoms with Crippen LogP contribution in [0.1, 0.15) is 51.8 Å². The molecule has 0 bridgehead atoms. The van der Waals surface area contributed by atoms with E-state index in [4.69, 9.17) is 11.6 Å². The molecule has 0 aliphatic carbocycles. The van der Waals surface area contributed by atoms with Gasteiger partial charge in [0.1, 0.15) is 0 Å². The molecule has 4 heteroatoms. The number of hydrogen-bond acceptors (Lipinski definition) is 2. The van der Waals surface area contributed by atoms with Gasteiger partial charge in [-0.1, -0.05) is 25.4 Å². The van der Waals surface area contributed by atoms with Crippen LogP contribution in [0, 0.1) is 0 Å². The molecule has 18 heavy (non-hydrogen) atoms. The molecule has 3 nitrogen and oxygen atoms in total. The Hall–Kier alpha value is -1.09. The van der Waals surface area contributed by atoms with Gasteiger partial charge in [0.05, 0.1) is 21.7 Å². The fourth-order valence-corrected chi connectivity index (χ4v) is 3.00. The Morgan fingerprint density at radius 3 is 2.50 bits per heavy atom. The number of rotatable bonds is 2. The zero-order chi connectivity index (χ0) is 13.6.